The molecule has 3 heteroatoms. The maximum atomic E-state index is 6.40. The molecular weight excluding hydrogens is 301 g/mol. The van der Waals surface area contributed by atoms with Gasteiger partial charge in [0.1, 0.15) is 0 Å². The van der Waals surface area contributed by atoms with Crippen molar-refractivity contribution in [2.45, 2.75) is 18.4 Å². The molecule has 1 heterocycles. The third-order valence-electron chi connectivity index (χ3n) is 4.58. The van der Waals surface area contributed by atoms with Gasteiger partial charge in [-0.1, -0.05) is 59.6 Å². The molecular formula is C18H15Cl2N. The average Bonchev–Trinajstić information content (AvgIpc) is 2.98. The van der Waals surface area contributed by atoms with Crippen molar-refractivity contribution in [1.82, 2.24) is 0 Å². The van der Waals surface area contributed by atoms with E-state index < -0.39 is 0 Å². The number of halogens is 2. The Labute approximate surface area is 134 Å². The van der Waals surface area contributed by atoms with E-state index in [2.05, 4.69) is 35.7 Å². The topological polar surface area (TPSA) is 12.0 Å². The van der Waals surface area contributed by atoms with Crippen LogP contribution in [0, 0.1) is 5.92 Å². The summed E-state index contributed by atoms with van der Waals surface area (Å²) in [4.78, 5) is 0. The number of nitrogens with one attached hydrogen (secondary N) is 1. The van der Waals surface area contributed by atoms with Crippen LogP contribution in [0.5, 0.6) is 0 Å². The van der Waals surface area contributed by atoms with Crippen molar-refractivity contribution in [2.24, 2.45) is 5.92 Å². The zero-order chi connectivity index (χ0) is 14.4. The molecule has 3 unspecified atom stereocenters. The predicted molar refractivity (Wildman–Crippen MR) is 89.3 cm³/mol. The van der Waals surface area contributed by atoms with Crippen LogP contribution in [0.3, 0.4) is 0 Å². The van der Waals surface area contributed by atoms with E-state index in [4.69, 9.17) is 23.2 Å². The van der Waals surface area contributed by atoms with Gasteiger partial charge in [0.25, 0.3) is 0 Å². The van der Waals surface area contributed by atoms with E-state index >= 15 is 0 Å². The minimum atomic E-state index is 0.273. The summed E-state index contributed by atoms with van der Waals surface area (Å²) in [5.41, 5.74) is 3.65. The molecule has 0 radical (unpaired) electrons. The third kappa shape index (κ3) is 2.16. The molecule has 2 aromatic carbocycles. The number of rotatable bonds is 1. The highest BCUT2D eigenvalue weighted by Gasteiger charge is 2.38. The summed E-state index contributed by atoms with van der Waals surface area (Å²) in [6.45, 7) is 0. The smallest absolute Gasteiger partial charge is 0.0640 e. The molecule has 2 aromatic rings. The van der Waals surface area contributed by atoms with Crippen molar-refractivity contribution in [3.8, 4) is 0 Å². The van der Waals surface area contributed by atoms with Crippen LogP contribution in [-0.4, -0.2) is 0 Å². The summed E-state index contributed by atoms with van der Waals surface area (Å²) in [7, 11) is 0. The first-order chi connectivity index (χ1) is 10.2. The van der Waals surface area contributed by atoms with Crippen LogP contribution in [0.4, 0.5) is 5.69 Å². The second-order valence-electron chi connectivity index (χ2n) is 5.73. The Morgan fingerprint density at radius 3 is 2.62 bits per heavy atom. The van der Waals surface area contributed by atoms with Gasteiger partial charge in [0.05, 0.1) is 16.8 Å². The normalized spacial score (nSPS) is 26.1. The lowest BCUT2D eigenvalue weighted by Crippen LogP contribution is -2.29. The summed E-state index contributed by atoms with van der Waals surface area (Å²) in [5.74, 6) is 0.984. The highest BCUT2D eigenvalue weighted by Crippen LogP contribution is 2.51. The molecule has 0 saturated heterocycles. The zero-order valence-electron chi connectivity index (χ0n) is 11.4. The summed E-state index contributed by atoms with van der Waals surface area (Å²) >= 11 is 12.4. The Kier molecular flexibility index (Phi) is 3.20. The zero-order valence-corrected chi connectivity index (χ0v) is 12.9. The van der Waals surface area contributed by atoms with Crippen LogP contribution in [-0.2, 0) is 0 Å². The molecule has 1 N–H and O–H groups in total. The predicted octanol–water partition coefficient (Wildman–Crippen LogP) is 5.82. The van der Waals surface area contributed by atoms with E-state index in [9.17, 15) is 0 Å². The standard InChI is InChI=1S/C18H15Cl2N/c19-12-9-7-11(8-10-12)17-14-4-1-3-13(14)15-5-2-6-16(20)18(15)21-17/h1-3,5-10,13-14,17,21H,4H2. The van der Waals surface area contributed by atoms with E-state index in [0.29, 0.717) is 11.8 Å². The number of fused-ring (bicyclic) bond motifs is 3. The first kappa shape index (κ1) is 13.2. The largest absolute Gasteiger partial charge is 0.376 e. The van der Waals surface area contributed by atoms with E-state index in [1.807, 2.05) is 24.3 Å². The molecule has 106 valence electrons. The number of allylic oxidation sites excluding steroid dienone is 2. The molecule has 0 saturated carbocycles. The fourth-order valence-electron chi connectivity index (χ4n) is 3.58. The monoisotopic (exact) mass is 315 g/mol. The summed E-state index contributed by atoms with van der Waals surface area (Å²) in [6.07, 6.45) is 5.70. The molecule has 21 heavy (non-hydrogen) atoms. The number of anilines is 1. The molecule has 1 nitrogen and oxygen atoms in total. The first-order valence-electron chi connectivity index (χ1n) is 7.21. The third-order valence-corrected chi connectivity index (χ3v) is 5.14. The minimum absolute atomic E-state index is 0.273. The lowest BCUT2D eigenvalue weighted by molar-refractivity contribution is 0.425. The Morgan fingerprint density at radius 1 is 1.00 bits per heavy atom. The molecule has 0 amide bonds. The lowest BCUT2D eigenvalue weighted by atomic mass is 9.77. The lowest BCUT2D eigenvalue weighted by Gasteiger charge is -2.38. The van der Waals surface area contributed by atoms with Crippen LogP contribution in [0.1, 0.15) is 29.5 Å². The molecule has 1 aliphatic carbocycles. The van der Waals surface area contributed by atoms with Gasteiger partial charge in [0.15, 0.2) is 0 Å². The Balaban J connectivity index is 1.81. The van der Waals surface area contributed by atoms with Gasteiger partial charge in [-0.15, -0.1) is 0 Å². The molecule has 2 aliphatic rings. The molecule has 4 rings (SSSR count). The van der Waals surface area contributed by atoms with Crippen molar-refractivity contribution < 1.29 is 0 Å². The van der Waals surface area contributed by atoms with Crippen LogP contribution in [0.25, 0.3) is 0 Å². The first-order valence-corrected chi connectivity index (χ1v) is 7.97. The highest BCUT2D eigenvalue weighted by atomic mass is 35.5. The minimum Gasteiger partial charge on any atom is -0.376 e. The number of hydrogen-bond acceptors (Lipinski definition) is 1. The van der Waals surface area contributed by atoms with Gasteiger partial charge < -0.3 is 5.32 Å². The van der Waals surface area contributed by atoms with Crippen LogP contribution < -0.4 is 5.32 Å². The molecule has 1 aliphatic heterocycles. The van der Waals surface area contributed by atoms with Crippen LogP contribution in [0.2, 0.25) is 10.0 Å². The van der Waals surface area contributed by atoms with E-state index in [0.717, 1.165) is 22.2 Å². The van der Waals surface area contributed by atoms with Crippen molar-refractivity contribution >= 4 is 28.9 Å². The fraction of sp³-hybridized carbons (Fsp3) is 0.222. The van der Waals surface area contributed by atoms with E-state index in [1.165, 1.54) is 11.1 Å². The van der Waals surface area contributed by atoms with E-state index in [-0.39, 0.29) is 6.04 Å². The second-order valence-corrected chi connectivity index (χ2v) is 6.57. The molecule has 0 aromatic heterocycles. The highest BCUT2D eigenvalue weighted by molar-refractivity contribution is 6.33. The maximum absolute atomic E-state index is 6.40. The average molecular weight is 316 g/mol. The molecule has 0 spiro atoms. The summed E-state index contributed by atoms with van der Waals surface area (Å²) in [5, 5.41) is 5.23. The van der Waals surface area contributed by atoms with Crippen molar-refractivity contribution in [1.29, 1.82) is 0 Å². The molecule has 3 atom stereocenters. The van der Waals surface area contributed by atoms with Crippen LogP contribution in [0.15, 0.2) is 54.6 Å². The molecule has 0 bridgehead atoms. The number of benzene rings is 2. The van der Waals surface area contributed by atoms with Crippen molar-refractivity contribution in [3.63, 3.8) is 0 Å². The van der Waals surface area contributed by atoms with Gasteiger partial charge in [-0.3, -0.25) is 0 Å². The second kappa shape index (κ2) is 5.08. The Morgan fingerprint density at radius 2 is 1.81 bits per heavy atom. The van der Waals surface area contributed by atoms with Gasteiger partial charge in [-0.25, -0.2) is 0 Å². The number of para-hydroxylation sites is 1. The van der Waals surface area contributed by atoms with Gasteiger partial charge in [0, 0.05) is 10.9 Å². The van der Waals surface area contributed by atoms with Gasteiger partial charge in [-0.2, -0.15) is 0 Å². The summed E-state index contributed by atoms with van der Waals surface area (Å²) in [6, 6.07) is 14.6. The molecule has 0 fully saturated rings. The van der Waals surface area contributed by atoms with Gasteiger partial charge >= 0.3 is 0 Å². The SMILES string of the molecule is Clc1ccc(C2Nc3c(Cl)cccc3C3C=CCC32)cc1. The number of hydrogen-bond donors (Lipinski definition) is 1. The van der Waals surface area contributed by atoms with Crippen LogP contribution >= 0.6 is 23.2 Å². The van der Waals surface area contributed by atoms with Crippen molar-refractivity contribution in [3.05, 3.63) is 75.8 Å². The fourth-order valence-corrected chi connectivity index (χ4v) is 3.95. The maximum Gasteiger partial charge on any atom is 0.0640 e. The Bertz CT molecular complexity index is 706. The van der Waals surface area contributed by atoms with Gasteiger partial charge in [-0.05, 0) is 41.7 Å². The summed E-state index contributed by atoms with van der Waals surface area (Å²) < 4.78 is 0. The Hall–Kier alpha value is -1.44. The van der Waals surface area contributed by atoms with Crippen molar-refractivity contribution in [2.75, 3.05) is 5.32 Å². The van der Waals surface area contributed by atoms with E-state index in [1.54, 1.807) is 0 Å². The quantitative estimate of drug-likeness (QED) is 0.654. The van der Waals surface area contributed by atoms with Gasteiger partial charge in [0.2, 0.25) is 0 Å².